The summed E-state index contributed by atoms with van der Waals surface area (Å²) >= 11 is 0. The Kier molecular flexibility index (Phi) is 3.21. The summed E-state index contributed by atoms with van der Waals surface area (Å²) in [5.41, 5.74) is 6.66. The first-order valence-electron chi connectivity index (χ1n) is 5.42. The van der Waals surface area contributed by atoms with E-state index in [0.29, 0.717) is 24.0 Å². The minimum absolute atomic E-state index is 0.270. The molecule has 2 N–H and O–H groups in total. The van der Waals surface area contributed by atoms with Gasteiger partial charge in [-0.2, -0.15) is 0 Å². The lowest BCUT2D eigenvalue weighted by Gasteiger charge is -2.12. The predicted molar refractivity (Wildman–Crippen MR) is 57.9 cm³/mol. The molecular formula is C12H16FNO. The zero-order valence-electron chi connectivity index (χ0n) is 8.71. The van der Waals surface area contributed by atoms with Crippen molar-refractivity contribution in [2.75, 3.05) is 5.73 Å². The molecule has 3 heteroatoms. The van der Waals surface area contributed by atoms with E-state index in [1.54, 1.807) is 12.1 Å². The average molecular weight is 209 g/mol. The highest BCUT2D eigenvalue weighted by molar-refractivity contribution is 5.46. The van der Waals surface area contributed by atoms with Gasteiger partial charge in [0.1, 0.15) is 5.82 Å². The van der Waals surface area contributed by atoms with Crippen molar-refractivity contribution < 1.29 is 9.13 Å². The maximum Gasteiger partial charge on any atom is 0.130 e. The molecule has 1 saturated carbocycles. The predicted octanol–water partition coefficient (Wildman–Crippen LogP) is 2.87. The van der Waals surface area contributed by atoms with Crippen LogP contribution in [0.1, 0.15) is 31.2 Å². The maximum atomic E-state index is 13.4. The molecule has 1 aromatic rings. The zero-order valence-corrected chi connectivity index (χ0v) is 8.71. The van der Waals surface area contributed by atoms with Gasteiger partial charge in [0.15, 0.2) is 0 Å². The van der Waals surface area contributed by atoms with E-state index >= 15 is 0 Å². The summed E-state index contributed by atoms with van der Waals surface area (Å²) in [5, 5.41) is 0. The third-order valence-electron chi connectivity index (χ3n) is 2.92. The highest BCUT2D eigenvalue weighted by atomic mass is 19.1. The Morgan fingerprint density at radius 2 is 2.07 bits per heavy atom. The highest BCUT2D eigenvalue weighted by Crippen LogP contribution is 2.24. The fourth-order valence-electron chi connectivity index (χ4n) is 1.98. The van der Waals surface area contributed by atoms with Crippen LogP contribution in [0.15, 0.2) is 18.2 Å². The third-order valence-corrected chi connectivity index (χ3v) is 2.92. The molecular weight excluding hydrogens is 193 g/mol. The van der Waals surface area contributed by atoms with E-state index < -0.39 is 0 Å². The van der Waals surface area contributed by atoms with Crippen molar-refractivity contribution in [3.05, 3.63) is 29.6 Å². The first-order valence-corrected chi connectivity index (χ1v) is 5.42. The lowest BCUT2D eigenvalue weighted by molar-refractivity contribution is 0.0445. The monoisotopic (exact) mass is 209 g/mol. The smallest absolute Gasteiger partial charge is 0.130 e. The largest absolute Gasteiger partial charge is 0.398 e. The first kappa shape index (κ1) is 10.4. The van der Waals surface area contributed by atoms with Crippen LogP contribution in [-0.4, -0.2) is 6.10 Å². The maximum absolute atomic E-state index is 13.4. The minimum atomic E-state index is -0.270. The molecule has 1 fully saturated rings. The number of nitrogens with two attached hydrogens (primary N) is 1. The Bertz CT molecular complexity index is 314. The molecule has 1 aromatic carbocycles. The molecule has 0 atom stereocenters. The molecule has 82 valence electrons. The van der Waals surface area contributed by atoms with Gasteiger partial charge in [0, 0.05) is 11.3 Å². The molecule has 0 unspecified atom stereocenters. The first-order chi connectivity index (χ1) is 7.27. The van der Waals surface area contributed by atoms with Crippen molar-refractivity contribution in [2.24, 2.45) is 0 Å². The second-order valence-corrected chi connectivity index (χ2v) is 4.03. The van der Waals surface area contributed by atoms with Gasteiger partial charge in [-0.15, -0.1) is 0 Å². The van der Waals surface area contributed by atoms with Crippen molar-refractivity contribution in [2.45, 2.75) is 38.4 Å². The summed E-state index contributed by atoms with van der Waals surface area (Å²) in [6, 6.07) is 4.74. The van der Waals surface area contributed by atoms with Gasteiger partial charge < -0.3 is 10.5 Å². The number of anilines is 1. The van der Waals surface area contributed by atoms with Crippen LogP contribution in [0.25, 0.3) is 0 Å². The van der Waals surface area contributed by atoms with Crippen LogP contribution in [0, 0.1) is 5.82 Å². The summed E-state index contributed by atoms with van der Waals surface area (Å²) in [7, 11) is 0. The quantitative estimate of drug-likeness (QED) is 0.777. The average Bonchev–Trinajstić information content (AvgIpc) is 2.70. The van der Waals surface area contributed by atoms with Crippen LogP contribution in [0.4, 0.5) is 10.1 Å². The number of hydrogen-bond donors (Lipinski definition) is 1. The fourth-order valence-corrected chi connectivity index (χ4v) is 1.98. The molecule has 0 saturated heterocycles. The lowest BCUT2D eigenvalue weighted by atomic mass is 10.2. The van der Waals surface area contributed by atoms with Gasteiger partial charge in [-0.25, -0.2) is 4.39 Å². The van der Waals surface area contributed by atoms with Crippen molar-refractivity contribution in [1.82, 2.24) is 0 Å². The molecule has 0 aliphatic heterocycles. The Labute approximate surface area is 89.2 Å². The molecule has 0 spiro atoms. The molecule has 2 rings (SSSR count). The molecule has 2 nitrogen and oxygen atoms in total. The van der Waals surface area contributed by atoms with Crippen molar-refractivity contribution in [3.63, 3.8) is 0 Å². The van der Waals surface area contributed by atoms with Gasteiger partial charge in [-0.05, 0) is 25.0 Å². The molecule has 1 aliphatic carbocycles. The number of rotatable bonds is 3. The Balaban J connectivity index is 1.97. The van der Waals surface area contributed by atoms with Gasteiger partial charge in [0.05, 0.1) is 12.7 Å². The molecule has 0 radical (unpaired) electrons. The van der Waals surface area contributed by atoms with Crippen LogP contribution in [0.2, 0.25) is 0 Å². The second-order valence-electron chi connectivity index (χ2n) is 4.03. The Morgan fingerprint density at radius 1 is 1.33 bits per heavy atom. The topological polar surface area (TPSA) is 35.2 Å². The minimum Gasteiger partial charge on any atom is -0.398 e. The summed E-state index contributed by atoms with van der Waals surface area (Å²) in [5.74, 6) is -0.270. The number of halogens is 1. The fraction of sp³-hybridized carbons (Fsp3) is 0.500. The summed E-state index contributed by atoms with van der Waals surface area (Å²) in [6.07, 6.45) is 4.92. The van der Waals surface area contributed by atoms with E-state index in [1.165, 1.54) is 18.9 Å². The van der Waals surface area contributed by atoms with Crippen molar-refractivity contribution in [1.29, 1.82) is 0 Å². The van der Waals surface area contributed by atoms with E-state index in [0.717, 1.165) is 12.8 Å². The van der Waals surface area contributed by atoms with Crippen LogP contribution < -0.4 is 5.73 Å². The normalized spacial score (nSPS) is 17.1. The summed E-state index contributed by atoms with van der Waals surface area (Å²) in [4.78, 5) is 0. The second kappa shape index (κ2) is 4.62. The zero-order chi connectivity index (χ0) is 10.7. The third kappa shape index (κ3) is 2.48. The van der Waals surface area contributed by atoms with E-state index in [4.69, 9.17) is 10.5 Å². The molecule has 0 amide bonds. The van der Waals surface area contributed by atoms with Gasteiger partial charge in [-0.3, -0.25) is 0 Å². The SMILES string of the molecule is Nc1cccc(F)c1COC1CCCC1. The van der Waals surface area contributed by atoms with Crippen LogP contribution in [0.5, 0.6) is 0 Å². The van der Waals surface area contributed by atoms with Crippen molar-refractivity contribution >= 4 is 5.69 Å². The van der Waals surface area contributed by atoms with Gasteiger partial charge >= 0.3 is 0 Å². The molecule has 0 bridgehead atoms. The summed E-state index contributed by atoms with van der Waals surface area (Å²) < 4.78 is 19.0. The van der Waals surface area contributed by atoms with Crippen LogP contribution >= 0.6 is 0 Å². The van der Waals surface area contributed by atoms with Crippen LogP contribution in [0.3, 0.4) is 0 Å². The van der Waals surface area contributed by atoms with E-state index in [1.807, 2.05) is 0 Å². The van der Waals surface area contributed by atoms with Gasteiger partial charge in [-0.1, -0.05) is 18.9 Å². The van der Waals surface area contributed by atoms with E-state index in [9.17, 15) is 4.39 Å². The van der Waals surface area contributed by atoms with Crippen molar-refractivity contribution in [3.8, 4) is 0 Å². The number of benzene rings is 1. The standard InChI is InChI=1S/C12H16FNO/c13-11-6-3-7-12(14)10(11)8-15-9-4-1-2-5-9/h3,6-7,9H,1-2,4-5,8,14H2. The van der Waals surface area contributed by atoms with E-state index in [2.05, 4.69) is 0 Å². The Morgan fingerprint density at radius 3 is 2.73 bits per heavy atom. The number of nitrogen functional groups attached to an aromatic ring is 1. The van der Waals surface area contributed by atoms with Crippen LogP contribution in [-0.2, 0) is 11.3 Å². The van der Waals surface area contributed by atoms with Gasteiger partial charge in [0.25, 0.3) is 0 Å². The molecule has 0 aromatic heterocycles. The molecule has 1 aliphatic rings. The molecule has 0 heterocycles. The van der Waals surface area contributed by atoms with Gasteiger partial charge in [0.2, 0.25) is 0 Å². The lowest BCUT2D eigenvalue weighted by Crippen LogP contribution is -2.09. The number of hydrogen-bond acceptors (Lipinski definition) is 2. The summed E-state index contributed by atoms with van der Waals surface area (Å²) in [6.45, 7) is 0.295. The molecule has 15 heavy (non-hydrogen) atoms. The number of ether oxygens (including phenoxy) is 1. The van der Waals surface area contributed by atoms with E-state index in [-0.39, 0.29) is 5.82 Å². The highest BCUT2D eigenvalue weighted by Gasteiger charge is 2.16. The Hall–Kier alpha value is -1.09.